The van der Waals surface area contributed by atoms with Gasteiger partial charge in [-0.1, -0.05) is 48.0 Å². The Kier molecular flexibility index (Phi) is 4.72. The molecule has 0 radical (unpaired) electrons. The number of hydrogen-bond donors (Lipinski definition) is 1. The third-order valence-corrected chi connectivity index (χ3v) is 4.79. The Bertz CT molecular complexity index is 750. The Morgan fingerprint density at radius 1 is 1.17 bits per heavy atom. The minimum absolute atomic E-state index is 0.270. The normalized spacial score (nSPS) is 13.8. The number of ether oxygens (including phenoxy) is 1. The van der Waals surface area contributed by atoms with E-state index in [1.807, 2.05) is 49.4 Å². The molecular weight excluding hydrogens is 306 g/mol. The molecule has 1 aliphatic heterocycles. The van der Waals surface area contributed by atoms with E-state index in [0.717, 1.165) is 22.7 Å². The Morgan fingerprint density at radius 3 is 2.65 bits per heavy atom. The molecule has 1 N–H and O–H groups in total. The molecule has 0 unspecified atom stereocenters. The first kappa shape index (κ1) is 15.7. The number of carbonyl (C=O) groups excluding carboxylic acids is 1. The molecule has 0 aliphatic carbocycles. The smallest absolute Gasteiger partial charge is 0.346 e. The van der Waals surface area contributed by atoms with Crippen LogP contribution in [0.25, 0.3) is 5.70 Å². The lowest BCUT2D eigenvalue weighted by Gasteiger charge is -2.14. The highest BCUT2D eigenvalue weighted by molar-refractivity contribution is 8.03. The Balaban J connectivity index is 2.08. The van der Waals surface area contributed by atoms with Crippen molar-refractivity contribution in [2.45, 2.75) is 19.6 Å². The van der Waals surface area contributed by atoms with Gasteiger partial charge in [-0.25, -0.2) is 4.79 Å². The average molecular weight is 325 g/mol. The molecule has 4 heteroatoms. The number of benzene rings is 2. The van der Waals surface area contributed by atoms with Gasteiger partial charge < -0.3 is 10.1 Å². The van der Waals surface area contributed by atoms with E-state index in [2.05, 4.69) is 18.3 Å². The van der Waals surface area contributed by atoms with Crippen LogP contribution in [0.5, 0.6) is 0 Å². The van der Waals surface area contributed by atoms with Gasteiger partial charge in [0.05, 0.1) is 12.3 Å². The minimum atomic E-state index is -0.270. The van der Waals surface area contributed by atoms with Crippen LogP contribution in [-0.4, -0.2) is 12.6 Å². The first-order chi connectivity index (χ1) is 11.2. The van der Waals surface area contributed by atoms with Crippen LogP contribution < -0.4 is 5.32 Å². The predicted molar refractivity (Wildman–Crippen MR) is 96.1 cm³/mol. The van der Waals surface area contributed by atoms with E-state index >= 15 is 0 Å². The van der Waals surface area contributed by atoms with Crippen molar-refractivity contribution in [3.05, 3.63) is 70.1 Å². The first-order valence-electron chi connectivity index (χ1n) is 7.65. The Labute approximate surface area is 140 Å². The van der Waals surface area contributed by atoms with Crippen LogP contribution in [0.3, 0.4) is 0 Å². The van der Waals surface area contributed by atoms with Gasteiger partial charge in [0.1, 0.15) is 4.91 Å². The van der Waals surface area contributed by atoms with Gasteiger partial charge >= 0.3 is 5.97 Å². The molecule has 0 spiro atoms. The van der Waals surface area contributed by atoms with E-state index in [4.69, 9.17) is 4.74 Å². The van der Waals surface area contributed by atoms with E-state index in [1.54, 1.807) is 0 Å². The quantitative estimate of drug-likeness (QED) is 0.838. The molecule has 2 aromatic carbocycles. The molecule has 23 heavy (non-hydrogen) atoms. The van der Waals surface area contributed by atoms with Crippen molar-refractivity contribution in [1.82, 2.24) is 0 Å². The zero-order valence-corrected chi connectivity index (χ0v) is 14.1. The van der Waals surface area contributed by atoms with Gasteiger partial charge in [0, 0.05) is 11.4 Å². The van der Waals surface area contributed by atoms with Crippen molar-refractivity contribution in [3.63, 3.8) is 0 Å². The second-order valence-corrected chi connectivity index (χ2v) is 6.35. The number of carbonyl (C=O) groups is 1. The van der Waals surface area contributed by atoms with Crippen LogP contribution >= 0.6 is 11.8 Å². The molecule has 118 valence electrons. The second kappa shape index (κ2) is 6.92. The number of para-hydroxylation sites is 1. The van der Waals surface area contributed by atoms with Gasteiger partial charge in [0.2, 0.25) is 0 Å². The molecule has 0 aromatic heterocycles. The lowest BCUT2D eigenvalue weighted by molar-refractivity contribution is -0.137. The lowest BCUT2D eigenvalue weighted by atomic mass is 10.1. The van der Waals surface area contributed by atoms with E-state index < -0.39 is 0 Å². The van der Waals surface area contributed by atoms with Crippen LogP contribution in [0, 0.1) is 6.92 Å². The zero-order chi connectivity index (χ0) is 16.2. The van der Waals surface area contributed by atoms with Crippen molar-refractivity contribution >= 4 is 29.1 Å². The van der Waals surface area contributed by atoms with Gasteiger partial charge in [0.25, 0.3) is 0 Å². The van der Waals surface area contributed by atoms with Gasteiger partial charge in [-0.15, -0.1) is 11.8 Å². The van der Waals surface area contributed by atoms with E-state index in [0.29, 0.717) is 11.5 Å². The van der Waals surface area contributed by atoms with Crippen LogP contribution in [-0.2, 0) is 15.3 Å². The molecule has 0 bridgehead atoms. The SMILES string of the molecule is CCOC(=O)C1=C(c2ccc(C)cc2)Nc2ccccc2CS1. The number of thioether (sulfide) groups is 1. The highest BCUT2D eigenvalue weighted by Gasteiger charge is 2.23. The third kappa shape index (κ3) is 3.42. The van der Waals surface area contributed by atoms with Crippen molar-refractivity contribution in [2.75, 3.05) is 11.9 Å². The predicted octanol–water partition coefficient (Wildman–Crippen LogP) is 4.59. The maximum absolute atomic E-state index is 12.4. The summed E-state index contributed by atoms with van der Waals surface area (Å²) in [4.78, 5) is 13.0. The molecule has 0 atom stereocenters. The molecular formula is C19H19NO2S. The topological polar surface area (TPSA) is 38.3 Å². The summed E-state index contributed by atoms with van der Waals surface area (Å²) in [6.07, 6.45) is 0. The molecule has 2 aromatic rings. The number of nitrogens with one attached hydrogen (secondary N) is 1. The summed E-state index contributed by atoms with van der Waals surface area (Å²) in [5, 5.41) is 3.44. The summed E-state index contributed by atoms with van der Waals surface area (Å²) in [6, 6.07) is 16.3. The summed E-state index contributed by atoms with van der Waals surface area (Å²) < 4.78 is 5.25. The maximum Gasteiger partial charge on any atom is 0.346 e. The molecule has 1 heterocycles. The standard InChI is InChI=1S/C19H19NO2S/c1-3-22-19(21)18-17(14-10-8-13(2)9-11-14)20-16-7-5-4-6-15(16)12-23-18/h4-11,20H,3,12H2,1-2H3. The molecule has 0 fully saturated rings. The Hall–Kier alpha value is -2.20. The van der Waals surface area contributed by atoms with Crippen molar-refractivity contribution in [1.29, 1.82) is 0 Å². The van der Waals surface area contributed by atoms with Gasteiger partial charge in [-0.3, -0.25) is 0 Å². The summed E-state index contributed by atoms with van der Waals surface area (Å²) in [7, 11) is 0. The molecule has 1 aliphatic rings. The zero-order valence-electron chi connectivity index (χ0n) is 13.3. The minimum Gasteiger partial charge on any atom is -0.462 e. The number of anilines is 1. The number of esters is 1. The fourth-order valence-corrected chi connectivity index (χ4v) is 3.50. The Morgan fingerprint density at radius 2 is 1.91 bits per heavy atom. The average Bonchev–Trinajstić information content (AvgIpc) is 2.75. The van der Waals surface area contributed by atoms with Crippen LogP contribution in [0.15, 0.2) is 53.4 Å². The molecule has 0 amide bonds. The van der Waals surface area contributed by atoms with Gasteiger partial charge in [-0.05, 0) is 31.0 Å². The summed E-state index contributed by atoms with van der Waals surface area (Å²) in [5.74, 6) is 0.473. The summed E-state index contributed by atoms with van der Waals surface area (Å²) in [6.45, 7) is 4.25. The van der Waals surface area contributed by atoms with E-state index in [1.165, 1.54) is 22.9 Å². The summed E-state index contributed by atoms with van der Waals surface area (Å²) >= 11 is 1.52. The maximum atomic E-state index is 12.4. The molecule has 3 nitrogen and oxygen atoms in total. The fourth-order valence-electron chi connectivity index (χ4n) is 2.46. The fraction of sp³-hybridized carbons (Fsp3) is 0.211. The largest absolute Gasteiger partial charge is 0.462 e. The van der Waals surface area contributed by atoms with E-state index in [-0.39, 0.29) is 5.97 Å². The molecule has 0 saturated heterocycles. The second-order valence-electron chi connectivity index (χ2n) is 5.36. The first-order valence-corrected chi connectivity index (χ1v) is 8.63. The van der Waals surface area contributed by atoms with Gasteiger partial charge in [-0.2, -0.15) is 0 Å². The lowest BCUT2D eigenvalue weighted by Crippen LogP contribution is -2.10. The third-order valence-electron chi connectivity index (χ3n) is 3.68. The highest BCUT2D eigenvalue weighted by atomic mass is 32.2. The van der Waals surface area contributed by atoms with Crippen molar-refractivity contribution in [3.8, 4) is 0 Å². The van der Waals surface area contributed by atoms with Crippen molar-refractivity contribution in [2.24, 2.45) is 0 Å². The van der Waals surface area contributed by atoms with Crippen LogP contribution in [0.2, 0.25) is 0 Å². The summed E-state index contributed by atoms with van der Waals surface area (Å²) in [5.41, 5.74) is 5.21. The van der Waals surface area contributed by atoms with E-state index in [9.17, 15) is 4.79 Å². The number of hydrogen-bond acceptors (Lipinski definition) is 4. The number of fused-ring (bicyclic) bond motifs is 1. The van der Waals surface area contributed by atoms with Crippen LogP contribution in [0.4, 0.5) is 5.69 Å². The monoisotopic (exact) mass is 325 g/mol. The molecule has 3 rings (SSSR count). The number of aryl methyl sites for hydroxylation is 1. The highest BCUT2D eigenvalue weighted by Crippen LogP contribution is 2.37. The van der Waals surface area contributed by atoms with Gasteiger partial charge in [0.15, 0.2) is 0 Å². The van der Waals surface area contributed by atoms with Crippen LogP contribution in [0.1, 0.15) is 23.6 Å². The number of rotatable bonds is 3. The molecule has 0 saturated carbocycles. The van der Waals surface area contributed by atoms with Crippen molar-refractivity contribution < 1.29 is 9.53 Å².